The lowest BCUT2D eigenvalue weighted by Gasteiger charge is -2.25. The average Bonchev–Trinajstić information content (AvgIpc) is 2.61. The molecule has 8 nitrogen and oxygen atoms in total. The number of rotatable bonds is 4. The normalized spacial score (nSPS) is 15.8. The van der Waals surface area contributed by atoms with E-state index < -0.39 is 23.4 Å². The van der Waals surface area contributed by atoms with E-state index in [1.165, 1.54) is 25.4 Å². The van der Waals surface area contributed by atoms with Crippen LogP contribution in [0.5, 0.6) is 17.2 Å². The Bertz CT molecular complexity index is 932. The minimum atomic E-state index is -0.703. The van der Waals surface area contributed by atoms with E-state index in [1.54, 1.807) is 13.0 Å². The van der Waals surface area contributed by atoms with Gasteiger partial charge in [-0.2, -0.15) is 0 Å². The highest BCUT2D eigenvalue weighted by molar-refractivity contribution is 5.94. The van der Waals surface area contributed by atoms with Crippen LogP contribution >= 0.6 is 0 Å². The Hall–Kier alpha value is -3.29. The van der Waals surface area contributed by atoms with Gasteiger partial charge in [-0.25, -0.2) is 4.79 Å². The number of aromatic nitrogens is 1. The smallest absolute Gasteiger partial charge is 0.343 e. The third-order valence-corrected chi connectivity index (χ3v) is 4.12. The summed E-state index contributed by atoms with van der Waals surface area (Å²) in [5, 5.41) is 10.0. The first-order valence-electron chi connectivity index (χ1n) is 7.96. The Balaban J connectivity index is 2.16. The Kier molecular flexibility index (Phi) is 4.66. The first-order chi connectivity index (χ1) is 12.5. The molecule has 0 saturated carbocycles. The number of esters is 2. The van der Waals surface area contributed by atoms with Crippen LogP contribution in [0.4, 0.5) is 0 Å². The molecule has 0 radical (unpaired) electrons. The van der Waals surface area contributed by atoms with Crippen molar-refractivity contribution in [3.63, 3.8) is 0 Å². The summed E-state index contributed by atoms with van der Waals surface area (Å²) >= 11 is 0. The summed E-state index contributed by atoms with van der Waals surface area (Å²) in [6.45, 7) is 1.78. The number of H-pyrrole nitrogens is 1. The van der Waals surface area contributed by atoms with E-state index in [1.807, 2.05) is 0 Å². The van der Waals surface area contributed by atoms with Gasteiger partial charge in [-0.05, 0) is 24.6 Å². The maximum Gasteiger partial charge on any atom is 0.343 e. The standard InChI is InChI=1S/C18H17NO7/c1-3-25-18(23)11-8-19-17(22)15-10(7-14(21)26-16(11)15)9-4-5-13(24-2)12(20)6-9/h4-6,8,10,20H,3,7H2,1-2H3,(H,19,22)/t10-/m1/s1. The van der Waals surface area contributed by atoms with E-state index >= 15 is 0 Å². The summed E-state index contributed by atoms with van der Waals surface area (Å²) in [6, 6.07) is 4.60. The van der Waals surface area contributed by atoms with Crippen LogP contribution in [0.1, 0.15) is 40.7 Å². The summed E-state index contributed by atoms with van der Waals surface area (Å²) < 4.78 is 15.2. The second-order valence-corrected chi connectivity index (χ2v) is 5.66. The van der Waals surface area contributed by atoms with Gasteiger partial charge >= 0.3 is 11.9 Å². The molecular weight excluding hydrogens is 342 g/mol. The number of carbonyl (C=O) groups is 2. The number of phenols is 1. The van der Waals surface area contributed by atoms with Gasteiger partial charge in [0.25, 0.3) is 5.56 Å². The molecule has 0 amide bonds. The maximum atomic E-state index is 12.4. The fourth-order valence-corrected chi connectivity index (χ4v) is 2.95. The number of hydrogen-bond donors (Lipinski definition) is 2. The Morgan fingerprint density at radius 2 is 2.15 bits per heavy atom. The number of pyridine rings is 1. The molecule has 0 aliphatic carbocycles. The van der Waals surface area contributed by atoms with E-state index in [2.05, 4.69) is 4.98 Å². The lowest BCUT2D eigenvalue weighted by molar-refractivity contribution is -0.135. The maximum absolute atomic E-state index is 12.4. The molecule has 136 valence electrons. The molecule has 2 aromatic rings. The fourth-order valence-electron chi connectivity index (χ4n) is 2.95. The van der Waals surface area contributed by atoms with Gasteiger partial charge in [-0.3, -0.25) is 9.59 Å². The number of aromatic hydroxyl groups is 1. The largest absolute Gasteiger partial charge is 0.504 e. The van der Waals surface area contributed by atoms with E-state index in [4.69, 9.17) is 14.2 Å². The van der Waals surface area contributed by atoms with E-state index in [0.717, 1.165) is 0 Å². The molecule has 1 aliphatic heterocycles. The van der Waals surface area contributed by atoms with Crippen LogP contribution in [0, 0.1) is 0 Å². The Morgan fingerprint density at radius 1 is 1.38 bits per heavy atom. The molecule has 26 heavy (non-hydrogen) atoms. The van der Waals surface area contributed by atoms with Gasteiger partial charge in [0.15, 0.2) is 17.2 Å². The molecule has 0 spiro atoms. The van der Waals surface area contributed by atoms with Crippen LogP contribution in [-0.4, -0.2) is 35.7 Å². The van der Waals surface area contributed by atoms with Crippen molar-refractivity contribution in [1.82, 2.24) is 4.98 Å². The van der Waals surface area contributed by atoms with E-state index in [9.17, 15) is 19.5 Å². The van der Waals surface area contributed by atoms with Gasteiger partial charge in [-0.15, -0.1) is 0 Å². The van der Waals surface area contributed by atoms with Crippen LogP contribution in [0.2, 0.25) is 0 Å². The molecule has 0 bridgehead atoms. The van der Waals surface area contributed by atoms with Crippen LogP contribution in [0.15, 0.2) is 29.2 Å². The number of carbonyl (C=O) groups excluding carboxylic acids is 2. The van der Waals surface area contributed by atoms with Gasteiger partial charge in [0.1, 0.15) is 5.56 Å². The minimum absolute atomic E-state index is 0.0303. The highest BCUT2D eigenvalue weighted by atomic mass is 16.5. The highest BCUT2D eigenvalue weighted by Gasteiger charge is 2.35. The number of benzene rings is 1. The first kappa shape index (κ1) is 17.5. The lowest BCUT2D eigenvalue weighted by atomic mass is 9.86. The van der Waals surface area contributed by atoms with Crippen molar-refractivity contribution in [3.05, 3.63) is 51.4 Å². The monoisotopic (exact) mass is 359 g/mol. The number of ether oxygens (including phenoxy) is 3. The Labute approximate surface area is 148 Å². The zero-order valence-electron chi connectivity index (χ0n) is 14.2. The number of nitrogens with one attached hydrogen (secondary N) is 1. The quantitative estimate of drug-likeness (QED) is 0.799. The molecule has 2 heterocycles. The van der Waals surface area contributed by atoms with Crippen LogP contribution < -0.4 is 15.0 Å². The molecule has 1 aromatic heterocycles. The average molecular weight is 359 g/mol. The summed E-state index contributed by atoms with van der Waals surface area (Å²) in [5.74, 6) is -1.94. The van der Waals surface area contributed by atoms with Crippen molar-refractivity contribution < 1.29 is 28.9 Å². The fraction of sp³-hybridized carbons (Fsp3) is 0.278. The molecule has 1 atom stereocenters. The molecular formula is C18H17NO7. The lowest BCUT2D eigenvalue weighted by Crippen LogP contribution is -2.30. The molecule has 1 aliphatic rings. The summed E-state index contributed by atoms with van der Waals surface area (Å²) in [6.07, 6.45) is 1.06. The molecule has 3 rings (SSSR count). The summed E-state index contributed by atoms with van der Waals surface area (Å²) in [4.78, 5) is 39.1. The van der Waals surface area contributed by atoms with Crippen molar-refractivity contribution in [2.75, 3.05) is 13.7 Å². The van der Waals surface area contributed by atoms with Crippen molar-refractivity contribution in [3.8, 4) is 17.2 Å². The zero-order valence-corrected chi connectivity index (χ0v) is 14.2. The SMILES string of the molecule is CCOC(=O)c1c[nH]c(=O)c2c1OC(=O)C[C@@H]2c1ccc(OC)c(O)c1. The van der Waals surface area contributed by atoms with Gasteiger partial charge in [0.2, 0.25) is 0 Å². The number of fused-ring (bicyclic) bond motifs is 1. The summed E-state index contributed by atoms with van der Waals surface area (Å²) in [7, 11) is 1.42. The van der Waals surface area contributed by atoms with Crippen LogP contribution in [0.3, 0.4) is 0 Å². The Morgan fingerprint density at radius 3 is 2.81 bits per heavy atom. The van der Waals surface area contributed by atoms with Gasteiger partial charge in [-0.1, -0.05) is 6.07 Å². The van der Waals surface area contributed by atoms with Gasteiger partial charge in [0.05, 0.1) is 25.7 Å². The molecule has 0 saturated heterocycles. The van der Waals surface area contributed by atoms with Crippen molar-refractivity contribution in [1.29, 1.82) is 0 Å². The number of aromatic amines is 1. The van der Waals surface area contributed by atoms with E-state index in [-0.39, 0.29) is 41.4 Å². The van der Waals surface area contributed by atoms with Crippen molar-refractivity contribution in [2.24, 2.45) is 0 Å². The molecule has 8 heteroatoms. The molecule has 1 aromatic carbocycles. The second kappa shape index (κ2) is 6.91. The zero-order chi connectivity index (χ0) is 18.8. The molecule has 2 N–H and O–H groups in total. The van der Waals surface area contributed by atoms with Crippen LogP contribution in [0.25, 0.3) is 0 Å². The van der Waals surface area contributed by atoms with Crippen molar-refractivity contribution >= 4 is 11.9 Å². The summed E-state index contributed by atoms with van der Waals surface area (Å²) in [5.41, 5.74) is 0.144. The number of hydrogen-bond acceptors (Lipinski definition) is 7. The molecule has 0 fully saturated rings. The minimum Gasteiger partial charge on any atom is -0.504 e. The van der Waals surface area contributed by atoms with Crippen molar-refractivity contribution in [2.45, 2.75) is 19.3 Å². The third kappa shape index (κ3) is 3.01. The first-order valence-corrected chi connectivity index (χ1v) is 7.96. The highest BCUT2D eigenvalue weighted by Crippen LogP contribution is 2.40. The van der Waals surface area contributed by atoms with Gasteiger partial charge < -0.3 is 24.3 Å². The van der Waals surface area contributed by atoms with E-state index in [0.29, 0.717) is 5.56 Å². The number of methoxy groups -OCH3 is 1. The predicted molar refractivity (Wildman–Crippen MR) is 89.8 cm³/mol. The predicted octanol–water partition coefficient (Wildman–Crippen LogP) is 1.71. The van der Waals surface area contributed by atoms with Gasteiger partial charge in [0, 0.05) is 12.1 Å². The molecule has 0 unspecified atom stereocenters. The number of phenolic OH excluding ortho intramolecular Hbond substituents is 1. The van der Waals surface area contributed by atoms with Crippen LogP contribution in [-0.2, 0) is 9.53 Å². The third-order valence-electron chi connectivity index (χ3n) is 4.12. The second-order valence-electron chi connectivity index (χ2n) is 5.66. The topological polar surface area (TPSA) is 115 Å².